The van der Waals surface area contributed by atoms with Crippen LogP contribution in [0, 0.1) is 16.1 Å². The van der Waals surface area contributed by atoms with Crippen molar-refractivity contribution in [3.63, 3.8) is 0 Å². The molecule has 0 saturated heterocycles. The van der Waals surface area contributed by atoms with Crippen molar-refractivity contribution in [2.24, 2.45) is 0 Å². The molecule has 1 aliphatic carbocycles. The second-order valence-electron chi connectivity index (χ2n) is 6.34. The van der Waals surface area contributed by atoms with Crippen LogP contribution in [0.25, 0.3) is 0 Å². The van der Waals surface area contributed by atoms with E-state index in [2.05, 4.69) is 46.7 Å². The fraction of sp³-hybridized carbons (Fsp3) is 0.500. The predicted molar refractivity (Wildman–Crippen MR) is 96.0 cm³/mol. The molecule has 0 N–H and O–H groups in total. The molecule has 0 spiro atoms. The van der Waals surface area contributed by atoms with Gasteiger partial charge < -0.3 is 0 Å². The first-order valence-corrected chi connectivity index (χ1v) is 8.94. The SMILES string of the molecule is CCCN(CC#N)Cn1nc(C2CC2)n(Cc2ccccc2)c1=S. The molecule has 24 heavy (non-hydrogen) atoms. The van der Waals surface area contributed by atoms with E-state index in [9.17, 15) is 0 Å². The molecule has 0 bridgehead atoms. The summed E-state index contributed by atoms with van der Waals surface area (Å²) in [4.78, 5) is 2.09. The lowest BCUT2D eigenvalue weighted by molar-refractivity contribution is 0.229. The zero-order valence-electron chi connectivity index (χ0n) is 14.1. The van der Waals surface area contributed by atoms with Crippen LogP contribution in [-0.4, -0.2) is 32.3 Å². The monoisotopic (exact) mass is 341 g/mol. The minimum atomic E-state index is 0.403. The smallest absolute Gasteiger partial charge is 0.199 e. The van der Waals surface area contributed by atoms with Gasteiger partial charge >= 0.3 is 0 Å². The minimum Gasteiger partial charge on any atom is -0.299 e. The molecular weight excluding hydrogens is 318 g/mol. The zero-order chi connectivity index (χ0) is 16.9. The third-order valence-corrected chi connectivity index (χ3v) is 4.68. The number of aromatic nitrogens is 3. The number of nitrogens with zero attached hydrogens (tertiary/aromatic N) is 5. The first-order valence-electron chi connectivity index (χ1n) is 8.53. The molecule has 0 atom stereocenters. The van der Waals surface area contributed by atoms with Crippen LogP contribution in [0.5, 0.6) is 0 Å². The van der Waals surface area contributed by atoms with Gasteiger partial charge in [-0.1, -0.05) is 37.3 Å². The van der Waals surface area contributed by atoms with E-state index >= 15 is 0 Å². The van der Waals surface area contributed by atoms with E-state index in [0.29, 0.717) is 19.1 Å². The van der Waals surface area contributed by atoms with Crippen molar-refractivity contribution >= 4 is 12.2 Å². The van der Waals surface area contributed by atoms with Crippen molar-refractivity contribution < 1.29 is 0 Å². The van der Waals surface area contributed by atoms with Crippen LogP contribution in [0.15, 0.2) is 30.3 Å². The van der Waals surface area contributed by atoms with Gasteiger partial charge in [-0.15, -0.1) is 0 Å². The lowest BCUT2D eigenvalue weighted by atomic mass is 10.2. The summed E-state index contributed by atoms with van der Waals surface area (Å²) in [7, 11) is 0. The molecule has 1 saturated carbocycles. The molecule has 2 aromatic rings. The quantitative estimate of drug-likeness (QED) is 0.544. The van der Waals surface area contributed by atoms with Crippen LogP contribution in [0.1, 0.15) is 43.5 Å². The Hall–Kier alpha value is -1.97. The molecule has 0 radical (unpaired) electrons. The van der Waals surface area contributed by atoms with Crippen molar-refractivity contribution in [1.82, 2.24) is 19.2 Å². The van der Waals surface area contributed by atoms with Gasteiger partial charge in [0.1, 0.15) is 5.82 Å². The number of nitriles is 1. The van der Waals surface area contributed by atoms with E-state index in [4.69, 9.17) is 22.6 Å². The lowest BCUT2D eigenvalue weighted by Gasteiger charge is -2.17. The molecule has 126 valence electrons. The second-order valence-corrected chi connectivity index (χ2v) is 6.70. The fourth-order valence-electron chi connectivity index (χ4n) is 2.91. The molecule has 1 fully saturated rings. The Balaban J connectivity index is 1.87. The first-order chi connectivity index (χ1) is 11.7. The average molecular weight is 341 g/mol. The van der Waals surface area contributed by atoms with E-state index in [-0.39, 0.29) is 0 Å². The standard InChI is InChI=1S/C18H23N5S/c1-2-11-21(12-10-19)14-23-18(24)22(17(20-23)16-8-9-16)13-15-6-4-3-5-7-15/h3-7,16H,2,8-9,11-14H2,1H3. The summed E-state index contributed by atoms with van der Waals surface area (Å²) in [5.41, 5.74) is 1.23. The Morgan fingerprint density at radius 1 is 1.33 bits per heavy atom. The van der Waals surface area contributed by atoms with Crippen LogP contribution in [0.2, 0.25) is 0 Å². The molecule has 0 aliphatic heterocycles. The second kappa shape index (κ2) is 7.73. The van der Waals surface area contributed by atoms with Crippen molar-refractivity contribution in [2.75, 3.05) is 13.1 Å². The Bertz CT molecular complexity index is 767. The predicted octanol–water partition coefficient (Wildman–Crippen LogP) is 3.53. The van der Waals surface area contributed by atoms with Gasteiger partial charge in [0.05, 0.1) is 25.8 Å². The number of rotatable bonds is 8. The molecule has 3 rings (SSSR count). The van der Waals surface area contributed by atoms with Gasteiger partial charge in [-0.3, -0.25) is 9.47 Å². The average Bonchev–Trinajstić information content (AvgIpc) is 3.38. The number of benzene rings is 1. The molecule has 6 heteroatoms. The van der Waals surface area contributed by atoms with Gasteiger partial charge in [0, 0.05) is 12.5 Å². The van der Waals surface area contributed by atoms with Crippen LogP contribution in [-0.2, 0) is 13.2 Å². The molecule has 1 aromatic heterocycles. The normalized spacial score (nSPS) is 14.0. The highest BCUT2D eigenvalue weighted by Crippen LogP contribution is 2.39. The third kappa shape index (κ3) is 3.92. The van der Waals surface area contributed by atoms with Gasteiger partial charge in [-0.25, -0.2) is 4.68 Å². The number of hydrogen-bond donors (Lipinski definition) is 0. The summed E-state index contributed by atoms with van der Waals surface area (Å²) >= 11 is 5.70. The molecular formula is C18H23N5S. The summed E-state index contributed by atoms with van der Waals surface area (Å²) in [6.45, 7) is 4.74. The van der Waals surface area contributed by atoms with Crippen molar-refractivity contribution in [2.45, 2.75) is 45.3 Å². The topological polar surface area (TPSA) is 49.8 Å². The maximum atomic E-state index is 9.01. The molecule has 0 unspecified atom stereocenters. The largest absolute Gasteiger partial charge is 0.299 e. The fourth-order valence-corrected chi connectivity index (χ4v) is 3.17. The Morgan fingerprint density at radius 2 is 2.08 bits per heavy atom. The number of hydrogen-bond acceptors (Lipinski definition) is 4. The van der Waals surface area contributed by atoms with Gasteiger partial charge in [0.2, 0.25) is 0 Å². The van der Waals surface area contributed by atoms with E-state index in [1.165, 1.54) is 18.4 Å². The minimum absolute atomic E-state index is 0.403. The van der Waals surface area contributed by atoms with Crippen LogP contribution < -0.4 is 0 Å². The van der Waals surface area contributed by atoms with Crippen LogP contribution in [0.3, 0.4) is 0 Å². The molecule has 1 heterocycles. The zero-order valence-corrected chi connectivity index (χ0v) is 14.9. The first kappa shape index (κ1) is 16.9. The molecule has 5 nitrogen and oxygen atoms in total. The Labute approximate surface area is 148 Å². The van der Waals surface area contributed by atoms with Gasteiger partial charge in [0.25, 0.3) is 0 Å². The molecule has 0 amide bonds. The third-order valence-electron chi connectivity index (χ3n) is 4.25. The maximum absolute atomic E-state index is 9.01. The Morgan fingerprint density at radius 3 is 2.71 bits per heavy atom. The summed E-state index contributed by atoms with van der Waals surface area (Å²) in [5, 5.41) is 13.8. The molecule has 1 aromatic carbocycles. The maximum Gasteiger partial charge on any atom is 0.199 e. The van der Waals surface area contributed by atoms with E-state index in [1.807, 2.05) is 10.7 Å². The molecule has 1 aliphatic rings. The van der Waals surface area contributed by atoms with Crippen molar-refractivity contribution in [3.8, 4) is 6.07 Å². The van der Waals surface area contributed by atoms with E-state index < -0.39 is 0 Å². The van der Waals surface area contributed by atoms with Crippen molar-refractivity contribution in [3.05, 3.63) is 46.5 Å². The highest BCUT2D eigenvalue weighted by atomic mass is 32.1. The van der Waals surface area contributed by atoms with Gasteiger partial charge in [0.15, 0.2) is 4.77 Å². The summed E-state index contributed by atoms with van der Waals surface area (Å²) < 4.78 is 4.80. The summed E-state index contributed by atoms with van der Waals surface area (Å²) in [6, 6.07) is 12.6. The van der Waals surface area contributed by atoms with Gasteiger partial charge in [-0.05, 0) is 37.0 Å². The summed E-state index contributed by atoms with van der Waals surface area (Å²) in [6.07, 6.45) is 3.39. The lowest BCUT2D eigenvalue weighted by Crippen LogP contribution is -2.28. The van der Waals surface area contributed by atoms with E-state index in [1.54, 1.807) is 0 Å². The van der Waals surface area contributed by atoms with Crippen molar-refractivity contribution in [1.29, 1.82) is 5.26 Å². The van der Waals surface area contributed by atoms with Crippen LogP contribution in [0.4, 0.5) is 0 Å². The Kier molecular flexibility index (Phi) is 5.44. The van der Waals surface area contributed by atoms with Crippen LogP contribution >= 0.6 is 12.2 Å². The van der Waals surface area contributed by atoms with E-state index in [0.717, 1.165) is 30.1 Å². The summed E-state index contributed by atoms with van der Waals surface area (Å²) in [5.74, 6) is 1.63. The highest BCUT2D eigenvalue weighted by Gasteiger charge is 2.30. The van der Waals surface area contributed by atoms with Gasteiger partial charge in [-0.2, -0.15) is 10.4 Å². The highest BCUT2D eigenvalue weighted by molar-refractivity contribution is 7.71.